The SMILES string of the molecule is O=C1CCC(N2Cc3c(SCCCCCCCCCCCC4CC5CCCC(C4)C5)cccc3C2=O)C(=O)N1. The fourth-order valence-corrected chi connectivity index (χ4v) is 8.84. The van der Waals surface area contributed by atoms with E-state index in [-0.39, 0.29) is 17.7 Å². The molecule has 0 spiro atoms. The summed E-state index contributed by atoms with van der Waals surface area (Å²) >= 11 is 1.84. The second-order valence-corrected chi connectivity index (χ2v) is 13.9. The van der Waals surface area contributed by atoms with Crippen LogP contribution < -0.4 is 5.32 Å². The average molecular weight is 553 g/mol. The van der Waals surface area contributed by atoms with Gasteiger partial charge in [0.05, 0.1) is 0 Å². The summed E-state index contributed by atoms with van der Waals surface area (Å²) < 4.78 is 0. The van der Waals surface area contributed by atoms with E-state index in [1.165, 1.54) is 83.5 Å². The number of fused-ring (bicyclic) bond motifs is 3. The number of benzene rings is 1. The number of amides is 3. The van der Waals surface area contributed by atoms with Gasteiger partial charge in [-0.25, -0.2) is 0 Å². The number of nitrogens with zero attached hydrogens (tertiary/aromatic N) is 1. The summed E-state index contributed by atoms with van der Waals surface area (Å²) in [5, 5.41) is 2.38. The van der Waals surface area contributed by atoms with Crippen LogP contribution in [0, 0.1) is 17.8 Å². The van der Waals surface area contributed by atoms with Crippen molar-refractivity contribution in [1.29, 1.82) is 0 Å². The van der Waals surface area contributed by atoms with Crippen LogP contribution in [0.15, 0.2) is 23.1 Å². The van der Waals surface area contributed by atoms with Crippen LogP contribution in [0.4, 0.5) is 0 Å². The lowest BCUT2D eigenvalue weighted by molar-refractivity contribution is -0.136. The largest absolute Gasteiger partial charge is 0.322 e. The van der Waals surface area contributed by atoms with Crippen molar-refractivity contribution in [3.8, 4) is 0 Å². The minimum atomic E-state index is -0.544. The molecule has 3 fully saturated rings. The normalized spacial score (nSPS) is 26.6. The molecule has 1 aromatic carbocycles. The molecule has 1 saturated heterocycles. The van der Waals surface area contributed by atoms with Crippen molar-refractivity contribution in [2.24, 2.45) is 17.8 Å². The maximum absolute atomic E-state index is 13.0. The van der Waals surface area contributed by atoms with Crippen LogP contribution in [-0.2, 0) is 16.1 Å². The van der Waals surface area contributed by atoms with Crippen LogP contribution in [0.1, 0.15) is 131 Å². The van der Waals surface area contributed by atoms with E-state index in [9.17, 15) is 14.4 Å². The van der Waals surface area contributed by atoms with E-state index >= 15 is 0 Å². The number of rotatable bonds is 14. The number of hydrogen-bond acceptors (Lipinski definition) is 4. The predicted octanol–water partition coefficient (Wildman–Crippen LogP) is 7.66. The maximum Gasteiger partial charge on any atom is 0.255 e. The van der Waals surface area contributed by atoms with Gasteiger partial charge >= 0.3 is 0 Å². The smallest absolute Gasteiger partial charge is 0.255 e. The first kappa shape index (κ1) is 28.7. The van der Waals surface area contributed by atoms with E-state index in [0.29, 0.717) is 24.9 Å². The van der Waals surface area contributed by atoms with E-state index in [1.807, 2.05) is 23.9 Å². The molecular weight excluding hydrogens is 504 g/mol. The Balaban J connectivity index is 0.907. The van der Waals surface area contributed by atoms with Gasteiger partial charge in [0.25, 0.3) is 5.91 Å². The molecular formula is C33H48N2O3S. The molecule has 2 heterocycles. The number of imide groups is 1. The highest BCUT2D eigenvalue weighted by Gasteiger charge is 2.39. The van der Waals surface area contributed by atoms with Gasteiger partial charge in [-0.2, -0.15) is 0 Å². The highest BCUT2D eigenvalue weighted by atomic mass is 32.2. The van der Waals surface area contributed by atoms with Crippen molar-refractivity contribution in [3.63, 3.8) is 0 Å². The highest BCUT2D eigenvalue weighted by molar-refractivity contribution is 7.99. The second-order valence-electron chi connectivity index (χ2n) is 12.7. The zero-order chi connectivity index (χ0) is 27.0. The highest BCUT2D eigenvalue weighted by Crippen LogP contribution is 2.44. The molecule has 1 N–H and O–H groups in total. The Kier molecular flexibility index (Phi) is 10.4. The number of carbonyl (C=O) groups excluding carboxylic acids is 3. The van der Waals surface area contributed by atoms with Gasteiger partial charge in [-0.1, -0.05) is 83.1 Å². The maximum atomic E-state index is 13.0. The topological polar surface area (TPSA) is 66.5 Å². The molecule has 3 atom stereocenters. The van der Waals surface area contributed by atoms with E-state index in [4.69, 9.17) is 0 Å². The van der Waals surface area contributed by atoms with Gasteiger partial charge in [0.1, 0.15) is 6.04 Å². The lowest BCUT2D eigenvalue weighted by Gasteiger charge is -2.39. The number of unbranched alkanes of at least 4 members (excludes halogenated alkanes) is 8. The Morgan fingerprint density at radius 2 is 1.51 bits per heavy atom. The first-order chi connectivity index (χ1) is 19.1. The Morgan fingerprint density at radius 3 is 2.23 bits per heavy atom. The molecule has 2 aliphatic carbocycles. The van der Waals surface area contributed by atoms with E-state index in [1.54, 1.807) is 24.2 Å². The third kappa shape index (κ3) is 7.68. The Morgan fingerprint density at radius 1 is 0.821 bits per heavy atom. The van der Waals surface area contributed by atoms with Gasteiger partial charge in [0.15, 0.2) is 0 Å². The third-order valence-corrected chi connectivity index (χ3v) is 11.0. The van der Waals surface area contributed by atoms with Crippen LogP contribution in [-0.4, -0.2) is 34.4 Å². The summed E-state index contributed by atoms with van der Waals surface area (Å²) in [7, 11) is 0. The Hall–Kier alpha value is -1.82. The summed E-state index contributed by atoms with van der Waals surface area (Å²) in [6.45, 7) is 0.464. The molecule has 2 bridgehead atoms. The van der Waals surface area contributed by atoms with Gasteiger partial charge < -0.3 is 4.90 Å². The van der Waals surface area contributed by atoms with Crippen molar-refractivity contribution in [1.82, 2.24) is 10.2 Å². The number of piperidine rings is 1. The predicted molar refractivity (Wildman–Crippen MR) is 158 cm³/mol. The van der Waals surface area contributed by atoms with Crippen LogP contribution in [0.5, 0.6) is 0 Å². The summed E-state index contributed by atoms with van der Waals surface area (Å²) in [4.78, 5) is 39.6. The molecule has 5 rings (SSSR count). The fraction of sp³-hybridized carbons (Fsp3) is 0.727. The van der Waals surface area contributed by atoms with Gasteiger partial charge in [-0.15, -0.1) is 11.8 Å². The molecule has 1 aromatic rings. The molecule has 3 unspecified atom stereocenters. The molecule has 214 valence electrons. The van der Waals surface area contributed by atoms with Gasteiger partial charge in [-0.05, 0) is 73.3 Å². The lowest BCUT2D eigenvalue weighted by Crippen LogP contribution is -2.52. The van der Waals surface area contributed by atoms with Gasteiger partial charge in [-0.3, -0.25) is 19.7 Å². The molecule has 0 aromatic heterocycles. The number of nitrogens with one attached hydrogen (secondary N) is 1. The molecule has 3 amide bonds. The van der Waals surface area contributed by atoms with E-state index < -0.39 is 6.04 Å². The second kappa shape index (κ2) is 14.2. The molecule has 5 nitrogen and oxygen atoms in total. The molecule has 6 heteroatoms. The quantitative estimate of drug-likeness (QED) is 0.146. The zero-order valence-corrected chi connectivity index (χ0v) is 24.6. The van der Waals surface area contributed by atoms with Crippen molar-refractivity contribution >= 4 is 29.5 Å². The monoisotopic (exact) mass is 552 g/mol. The molecule has 39 heavy (non-hydrogen) atoms. The summed E-state index contributed by atoms with van der Waals surface area (Å²) in [6.07, 6.45) is 23.6. The molecule has 2 aliphatic heterocycles. The number of carbonyl (C=O) groups is 3. The number of thioether (sulfide) groups is 1. The Labute approximate surface area is 239 Å². The lowest BCUT2D eigenvalue weighted by atomic mass is 9.67. The summed E-state index contributed by atoms with van der Waals surface area (Å²) in [5.41, 5.74) is 1.76. The first-order valence-corrected chi connectivity index (χ1v) is 17.0. The summed E-state index contributed by atoms with van der Waals surface area (Å²) in [5.74, 6) is 3.59. The fourth-order valence-electron chi connectivity index (χ4n) is 7.75. The van der Waals surface area contributed by atoms with E-state index in [0.717, 1.165) is 34.0 Å². The molecule has 4 aliphatic rings. The van der Waals surface area contributed by atoms with Crippen molar-refractivity contribution in [2.75, 3.05) is 5.75 Å². The van der Waals surface area contributed by atoms with Crippen molar-refractivity contribution in [3.05, 3.63) is 29.3 Å². The minimum absolute atomic E-state index is 0.0850. The van der Waals surface area contributed by atoms with Crippen LogP contribution in [0.2, 0.25) is 0 Å². The van der Waals surface area contributed by atoms with Crippen LogP contribution in [0.3, 0.4) is 0 Å². The standard InChI is InChI=1S/C33H48N2O3S/c36-31-18-17-29(32(37)34-31)35-23-28-27(33(35)38)15-11-16-30(28)39-19-9-7-5-3-1-2-4-6-8-12-24-20-25-13-10-14-26(21-24)22-25/h11,15-16,24-26,29H,1-10,12-14,17-23H2,(H,34,36,37). The van der Waals surface area contributed by atoms with Crippen molar-refractivity contribution in [2.45, 2.75) is 133 Å². The number of hydrogen-bond donors (Lipinski definition) is 1. The zero-order valence-electron chi connectivity index (χ0n) is 23.8. The molecule has 2 saturated carbocycles. The van der Waals surface area contributed by atoms with Crippen molar-refractivity contribution < 1.29 is 14.4 Å². The van der Waals surface area contributed by atoms with E-state index in [2.05, 4.69) is 11.4 Å². The minimum Gasteiger partial charge on any atom is -0.322 e. The summed E-state index contributed by atoms with van der Waals surface area (Å²) in [6, 6.07) is 5.38. The Bertz CT molecular complexity index is 999. The first-order valence-electron chi connectivity index (χ1n) is 16.0. The van der Waals surface area contributed by atoms with Gasteiger partial charge in [0, 0.05) is 23.4 Å². The van der Waals surface area contributed by atoms with Crippen LogP contribution >= 0.6 is 11.8 Å². The average Bonchev–Trinajstić information content (AvgIpc) is 3.26. The third-order valence-electron chi connectivity index (χ3n) is 9.78. The van der Waals surface area contributed by atoms with Gasteiger partial charge in [0.2, 0.25) is 11.8 Å². The molecule has 0 radical (unpaired) electrons. The van der Waals surface area contributed by atoms with Crippen LogP contribution in [0.25, 0.3) is 0 Å².